The molecule has 0 saturated carbocycles. The Kier molecular flexibility index (Phi) is 7.19. The molecule has 4 nitrogen and oxygen atoms in total. The Balaban J connectivity index is 1.40. The van der Waals surface area contributed by atoms with Crippen molar-refractivity contribution in [3.63, 3.8) is 0 Å². The number of rotatable bonds is 8. The highest BCUT2D eigenvalue weighted by Gasteiger charge is 2.43. The van der Waals surface area contributed by atoms with Gasteiger partial charge in [0.05, 0.1) is 0 Å². The molecule has 182 valence electrons. The van der Waals surface area contributed by atoms with Crippen molar-refractivity contribution in [2.45, 2.75) is 56.1 Å². The average Bonchev–Trinajstić information content (AvgIpc) is 3.11. The Morgan fingerprint density at radius 2 is 1.31 bits per heavy atom. The molecule has 2 N–H and O–H groups in total. The van der Waals surface area contributed by atoms with Gasteiger partial charge in [0.25, 0.3) is 0 Å². The van der Waals surface area contributed by atoms with E-state index < -0.39 is 0 Å². The van der Waals surface area contributed by atoms with Crippen LogP contribution in [0.1, 0.15) is 48.8 Å². The third kappa shape index (κ3) is 5.28. The van der Waals surface area contributed by atoms with Crippen molar-refractivity contribution in [2.75, 3.05) is 13.6 Å². The SMILES string of the molecule is CN1[C@@H]2CC[C@H]1CC(CC(CNC(=O)NCc1ccccc1)(c1ccccc1)c1ccccc1)C2. The van der Waals surface area contributed by atoms with E-state index in [0.29, 0.717) is 31.1 Å². The fraction of sp³-hybridized carbons (Fsp3) is 0.387. The fourth-order valence-corrected chi connectivity index (χ4v) is 6.45. The molecule has 2 fully saturated rings. The van der Waals surface area contributed by atoms with Crippen molar-refractivity contribution in [3.8, 4) is 0 Å². The lowest BCUT2D eigenvalue weighted by Crippen LogP contribution is -2.48. The normalized spacial score (nSPS) is 22.0. The molecule has 1 unspecified atom stereocenters. The summed E-state index contributed by atoms with van der Waals surface area (Å²) in [6.07, 6.45) is 6.17. The summed E-state index contributed by atoms with van der Waals surface area (Å²) in [6, 6.07) is 32.9. The smallest absolute Gasteiger partial charge is 0.315 e. The Morgan fingerprint density at radius 1 is 0.800 bits per heavy atom. The number of amides is 2. The summed E-state index contributed by atoms with van der Waals surface area (Å²) >= 11 is 0. The van der Waals surface area contributed by atoms with E-state index in [1.54, 1.807) is 0 Å². The van der Waals surface area contributed by atoms with Crippen LogP contribution in [-0.4, -0.2) is 36.6 Å². The molecular weight excluding hydrogens is 430 g/mol. The van der Waals surface area contributed by atoms with Gasteiger partial charge in [-0.3, -0.25) is 0 Å². The Hall–Kier alpha value is -3.11. The molecule has 2 aliphatic rings. The highest BCUT2D eigenvalue weighted by Crippen LogP contribution is 2.45. The molecule has 0 spiro atoms. The Labute approximate surface area is 209 Å². The first kappa shape index (κ1) is 23.6. The Morgan fingerprint density at radius 3 is 1.86 bits per heavy atom. The van der Waals surface area contributed by atoms with Crippen LogP contribution < -0.4 is 10.6 Å². The van der Waals surface area contributed by atoms with Gasteiger partial charge in [-0.2, -0.15) is 0 Å². The minimum atomic E-state index is -0.271. The van der Waals surface area contributed by atoms with Crippen LogP contribution in [0.15, 0.2) is 91.0 Å². The third-order valence-electron chi connectivity index (χ3n) is 8.33. The molecule has 2 aliphatic heterocycles. The van der Waals surface area contributed by atoms with Gasteiger partial charge in [-0.1, -0.05) is 91.0 Å². The summed E-state index contributed by atoms with van der Waals surface area (Å²) in [7, 11) is 2.30. The molecule has 4 heteroatoms. The summed E-state index contributed by atoms with van der Waals surface area (Å²) < 4.78 is 0. The fourth-order valence-electron chi connectivity index (χ4n) is 6.45. The molecule has 2 heterocycles. The van der Waals surface area contributed by atoms with Gasteiger partial charge in [-0.05, 0) is 61.8 Å². The van der Waals surface area contributed by atoms with Crippen molar-refractivity contribution in [3.05, 3.63) is 108 Å². The number of hydrogen-bond acceptors (Lipinski definition) is 2. The van der Waals surface area contributed by atoms with Crippen LogP contribution in [0.4, 0.5) is 4.79 Å². The Bertz CT molecular complexity index is 1030. The zero-order valence-electron chi connectivity index (χ0n) is 20.7. The van der Waals surface area contributed by atoms with Gasteiger partial charge in [-0.15, -0.1) is 0 Å². The van der Waals surface area contributed by atoms with Gasteiger partial charge in [0.15, 0.2) is 0 Å². The topological polar surface area (TPSA) is 44.4 Å². The molecule has 2 bridgehead atoms. The minimum absolute atomic E-state index is 0.117. The first-order valence-corrected chi connectivity index (χ1v) is 13.0. The van der Waals surface area contributed by atoms with E-state index in [9.17, 15) is 4.79 Å². The summed E-state index contributed by atoms with van der Waals surface area (Å²) in [5, 5.41) is 6.32. The summed E-state index contributed by atoms with van der Waals surface area (Å²) in [4.78, 5) is 15.6. The molecule has 2 amide bonds. The maximum absolute atomic E-state index is 12.9. The number of benzene rings is 3. The second-order valence-corrected chi connectivity index (χ2v) is 10.4. The van der Waals surface area contributed by atoms with Crippen LogP contribution in [0.5, 0.6) is 0 Å². The van der Waals surface area contributed by atoms with Crippen LogP contribution in [-0.2, 0) is 12.0 Å². The zero-order chi connectivity index (χ0) is 24.1. The van der Waals surface area contributed by atoms with Crippen molar-refractivity contribution >= 4 is 6.03 Å². The molecular formula is C31H37N3O. The van der Waals surface area contributed by atoms with Crippen molar-refractivity contribution in [1.82, 2.24) is 15.5 Å². The first-order chi connectivity index (χ1) is 17.1. The molecule has 0 radical (unpaired) electrons. The van der Waals surface area contributed by atoms with Crippen LogP contribution >= 0.6 is 0 Å². The van der Waals surface area contributed by atoms with Crippen LogP contribution in [0.25, 0.3) is 0 Å². The first-order valence-electron chi connectivity index (χ1n) is 13.0. The highest BCUT2D eigenvalue weighted by molar-refractivity contribution is 5.74. The van der Waals surface area contributed by atoms with Gasteiger partial charge in [0, 0.05) is 30.6 Å². The molecule has 2 saturated heterocycles. The van der Waals surface area contributed by atoms with Gasteiger partial charge < -0.3 is 15.5 Å². The van der Waals surface area contributed by atoms with Crippen molar-refractivity contribution < 1.29 is 4.79 Å². The van der Waals surface area contributed by atoms with Crippen molar-refractivity contribution in [2.24, 2.45) is 5.92 Å². The van der Waals surface area contributed by atoms with Gasteiger partial charge in [0.2, 0.25) is 0 Å². The van der Waals surface area contributed by atoms with E-state index in [4.69, 9.17) is 0 Å². The number of piperidine rings is 1. The predicted octanol–water partition coefficient (Wildman–Crippen LogP) is 5.74. The maximum atomic E-state index is 12.9. The van der Waals surface area contributed by atoms with E-state index in [1.165, 1.54) is 36.8 Å². The molecule has 3 atom stereocenters. The number of carbonyl (C=O) groups is 1. The van der Waals surface area contributed by atoms with Gasteiger partial charge >= 0.3 is 6.03 Å². The number of carbonyl (C=O) groups excluding carboxylic acids is 1. The number of nitrogens with one attached hydrogen (secondary N) is 2. The summed E-state index contributed by atoms with van der Waals surface area (Å²) in [5.41, 5.74) is 3.38. The van der Waals surface area contributed by atoms with E-state index in [0.717, 1.165) is 12.0 Å². The molecule has 0 aromatic heterocycles. The molecule has 5 rings (SSSR count). The van der Waals surface area contributed by atoms with Crippen LogP contribution in [0, 0.1) is 5.92 Å². The zero-order valence-corrected chi connectivity index (χ0v) is 20.7. The minimum Gasteiger partial charge on any atom is -0.337 e. The van der Waals surface area contributed by atoms with Crippen molar-refractivity contribution in [1.29, 1.82) is 0 Å². The average molecular weight is 468 g/mol. The van der Waals surface area contributed by atoms with E-state index in [1.807, 2.05) is 30.3 Å². The van der Waals surface area contributed by atoms with E-state index >= 15 is 0 Å². The van der Waals surface area contributed by atoms with Gasteiger partial charge in [-0.25, -0.2) is 4.79 Å². The number of urea groups is 1. The van der Waals surface area contributed by atoms with Gasteiger partial charge in [0.1, 0.15) is 0 Å². The molecule has 3 aromatic carbocycles. The number of nitrogens with zero attached hydrogens (tertiary/aromatic N) is 1. The molecule has 3 aromatic rings. The standard InChI is InChI=1S/C31H37N3O/c1-34-28-17-18-29(34)20-25(19-28)21-31(26-13-7-3-8-14-26,27-15-9-4-10-16-27)23-33-30(35)32-22-24-11-5-2-6-12-24/h2-16,25,28-29H,17-23H2,1H3,(H2,32,33,35)/t25?,28-,29+. The third-order valence-corrected chi connectivity index (χ3v) is 8.33. The van der Waals surface area contributed by atoms with Crippen LogP contribution in [0.3, 0.4) is 0 Å². The molecule has 35 heavy (non-hydrogen) atoms. The maximum Gasteiger partial charge on any atom is 0.315 e. The summed E-state index contributed by atoms with van der Waals surface area (Å²) in [6.45, 7) is 1.10. The van der Waals surface area contributed by atoms with Crippen LogP contribution in [0.2, 0.25) is 0 Å². The highest BCUT2D eigenvalue weighted by atomic mass is 16.2. The lowest BCUT2D eigenvalue weighted by molar-refractivity contribution is 0.118. The molecule has 0 aliphatic carbocycles. The number of fused-ring (bicyclic) bond motifs is 2. The second kappa shape index (κ2) is 10.7. The summed E-state index contributed by atoms with van der Waals surface area (Å²) in [5.74, 6) is 0.637. The predicted molar refractivity (Wildman–Crippen MR) is 142 cm³/mol. The second-order valence-electron chi connectivity index (χ2n) is 10.4. The number of hydrogen-bond donors (Lipinski definition) is 2. The van der Waals surface area contributed by atoms with E-state index in [-0.39, 0.29) is 11.4 Å². The lowest BCUT2D eigenvalue weighted by Gasteiger charge is -2.43. The lowest BCUT2D eigenvalue weighted by atomic mass is 9.67. The quantitative estimate of drug-likeness (QED) is 0.444. The monoisotopic (exact) mass is 467 g/mol. The van der Waals surface area contributed by atoms with E-state index in [2.05, 4.69) is 83.2 Å². The largest absolute Gasteiger partial charge is 0.337 e.